The van der Waals surface area contributed by atoms with Gasteiger partial charge in [0.25, 0.3) is 5.91 Å². The second-order valence-electron chi connectivity index (χ2n) is 5.84. The first kappa shape index (κ1) is 19.3. The van der Waals surface area contributed by atoms with Crippen LogP contribution < -0.4 is 15.8 Å². The summed E-state index contributed by atoms with van der Waals surface area (Å²) >= 11 is 0. The lowest BCUT2D eigenvalue weighted by molar-refractivity contribution is -0.145. The fourth-order valence-corrected chi connectivity index (χ4v) is 2.58. The van der Waals surface area contributed by atoms with Crippen LogP contribution in [0.25, 0.3) is 0 Å². The molecule has 2 aromatic rings. The highest BCUT2D eigenvalue weighted by molar-refractivity contribution is 5.95. The third-order valence-electron chi connectivity index (χ3n) is 3.91. The van der Waals surface area contributed by atoms with E-state index >= 15 is 0 Å². The molecule has 1 atom stereocenters. The Balaban J connectivity index is 2.00. The topological polar surface area (TPSA) is 90.6 Å². The van der Waals surface area contributed by atoms with Gasteiger partial charge in [-0.25, -0.2) is 0 Å². The fourth-order valence-electron chi connectivity index (χ4n) is 2.58. The van der Waals surface area contributed by atoms with E-state index in [9.17, 15) is 9.59 Å². The molecule has 2 rings (SSSR count). The first-order valence-corrected chi connectivity index (χ1v) is 8.46. The van der Waals surface area contributed by atoms with Gasteiger partial charge in [-0.2, -0.15) is 0 Å². The van der Waals surface area contributed by atoms with Crippen molar-refractivity contribution in [3.63, 3.8) is 0 Å². The Labute approximate surface area is 153 Å². The van der Waals surface area contributed by atoms with Crippen molar-refractivity contribution in [2.75, 3.05) is 26.0 Å². The summed E-state index contributed by atoms with van der Waals surface area (Å²) in [5.74, 6) is -0.353. The number of esters is 1. The van der Waals surface area contributed by atoms with Crippen molar-refractivity contribution in [2.45, 2.75) is 13.3 Å². The van der Waals surface area contributed by atoms with Gasteiger partial charge in [0, 0.05) is 17.8 Å². The second kappa shape index (κ2) is 9.46. The minimum atomic E-state index is -0.483. The summed E-state index contributed by atoms with van der Waals surface area (Å²) in [7, 11) is 1.34. The number of methoxy groups -OCH3 is 1. The van der Waals surface area contributed by atoms with Crippen LogP contribution in [0.4, 0.5) is 5.69 Å². The monoisotopic (exact) mass is 356 g/mol. The molecule has 0 aliphatic rings. The molecule has 0 saturated carbocycles. The van der Waals surface area contributed by atoms with Gasteiger partial charge in [0.2, 0.25) is 0 Å². The molecule has 6 nitrogen and oxygen atoms in total. The Morgan fingerprint density at radius 2 is 1.88 bits per heavy atom. The summed E-state index contributed by atoms with van der Waals surface area (Å²) in [5.41, 5.74) is 7.62. The van der Waals surface area contributed by atoms with Gasteiger partial charge >= 0.3 is 5.97 Å². The first-order chi connectivity index (χ1) is 12.5. The number of hydrogen-bond acceptors (Lipinski definition) is 5. The number of benzene rings is 2. The standard InChI is InChI=1S/C20H24N2O4/c1-3-26-18-9-7-14(8-10-18)11-16(20(24)25-2)13-22-19(23)15-5-4-6-17(21)12-15/h4-10,12,16H,3,11,13,21H2,1-2H3,(H,22,23). The van der Waals surface area contributed by atoms with E-state index in [1.54, 1.807) is 24.3 Å². The SMILES string of the molecule is CCOc1ccc(CC(CNC(=O)c2cccc(N)c2)C(=O)OC)cc1. The van der Waals surface area contributed by atoms with Gasteiger partial charge in [0.15, 0.2) is 0 Å². The Hall–Kier alpha value is -3.02. The molecule has 3 N–H and O–H groups in total. The van der Waals surface area contributed by atoms with Crippen molar-refractivity contribution >= 4 is 17.6 Å². The minimum Gasteiger partial charge on any atom is -0.494 e. The maximum Gasteiger partial charge on any atom is 0.310 e. The lowest BCUT2D eigenvalue weighted by Gasteiger charge is -2.16. The van der Waals surface area contributed by atoms with Crippen LogP contribution in [-0.2, 0) is 16.0 Å². The number of hydrogen-bond donors (Lipinski definition) is 2. The Morgan fingerprint density at radius 1 is 1.15 bits per heavy atom. The van der Waals surface area contributed by atoms with E-state index in [-0.39, 0.29) is 18.4 Å². The van der Waals surface area contributed by atoms with Crippen LogP contribution in [0.3, 0.4) is 0 Å². The van der Waals surface area contributed by atoms with Crippen molar-refractivity contribution < 1.29 is 19.1 Å². The third-order valence-corrected chi connectivity index (χ3v) is 3.91. The minimum absolute atomic E-state index is 0.174. The number of anilines is 1. The molecule has 26 heavy (non-hydrogen) atoms. The van der Waals surface area contributed by atoms with Crippen molar-refractivity contribution in [2.24, 2.45) is 5.92 Å². The molecule has 138 valence electrons. The predicted molar refractivity (Wildman–Crippen MR) is 100 cm³/mol. The normalized spacial score (nSPS) is 11.5. The molecule has 0 bridgehead atoms. The van der Waals surface area contributed by atoms with Crippen molar-refractivity contribution in [1.29, 1.82) is 0 Å². The van der Waals surface area contributed by atoms with E-state index in [4.69, 9.17) is 15.2 Å². The van der Waals surface area contributed by atoms with Crippen LogP contribution in [0.5, 0.6) is 5.75 Å². The third kappa shape index (κ3) is 5.51. The zero-order valence-corrected chi connectivity index (χ0v) is 15.0. The molecule has 2 aromatic carbocycles. The van der Waals surface area contributed by atoms with E-state index in [1.807, 2.05) is 31.2 Å². The van der Waals surface area contributed by atoms with Crippen LogP contribution in [0.2, 0.25) is 0 Å². The maximum atomic E-state index is 12.2. The highest BCUT2D eigenvalue weighted by Crippen LogP contribution is 2.16. The van der Waals surface area contributed by atoms with Crippen LogP contribution >= 0.6 is 0 Å². The van der Waals surface area contributed by atoms with E-state index < -0.39 is 5.92 Å². The van der Waals surface area contributed by atoms with Gasteiger partial charge in [-0.15, -0.1) is 0 Å². The molecule has 1 unspecified atom stereocenters. The zero-order chi connectivity index (χ0) is 18.9. The van der Waals surface area contributed by atoms with Gasteiger partial charge in [-0.05, 0) is 49.2 Å². The average Bonchev–Trinajstić information content (AvgIpc) is 2.65. The Bertz CT molecular complexity index is 744. The van der Waals surface area contributed by atoms with Crippen molar-refractivity contribution in [1.82, 2.24) is 5.32 Å². The lowest BCUT2D eigenvalue weighted by Crippen LogP contribution is -2.34. The zero-order valence-electron chi connectivity index (χ0n) is 15.0. The summed E-state index contributed by atoms with van der Waals surface area (Å²) in [4.78, 5) is 24.3. The molecule has 1 amide bonds. The average molecular weight is 356 g/mol. The number of nitrogens with one attached hydrogen (secondary N) is 1. The van der Waals surface area contributed by atoms with E-state index in [0.29, 0.717) is 24.3 Å². The van der Waals surface area contributed by atoms with Crippen molar-refractivity contribution in [3.05, 3.63) is 59.7 Å². The van der Waals surface area contributed by atoms with Crippen LogP contribution in [-0.4, -0.2) is 32.1 Å². The van der Waals surface area contributed by atoms with Gasteiger partial charge in [0.1, 0.15) is 5.75 Å². The molecule has 0 spiro atoms. The summed E-state index contributed by atoms with van der Waals surface area (Å²) in [6, 6.07) is 14.2. The quantitative estimate of drug-likeness (QED) is 0.560. The molecule has 0 aromatic heterocycles. The Morgan fingerprint density at radius 3 is 2.50 bits per heavy atom. The molecular weight excluding hydrogens is 332 g/mol. The number of nitrogens with two attached hydrogens (primary N) is 1. The largest absolute Gasteiger partial charge is 0.494 e. The number of amides is 1. The van der Waals surface area contributed by atoms with E-state index in [1.165, 1.54) is 7.11 Å². The summed E-state index contributed by atoms with van der Waals surface area (Å²) in [6.45, 7) is 2.69. The molecule has 0 aliphatic heterocycles. The molecule has 0 saturated heterocycles. The first-order valence-electron chi connectivity index (χ1n) is 8.46. The lowest BCUT2D eigenvalue weighted by atomic mass is 9.99. The Kier molecular flexibility index (Phi) is 7.02. The van der Waals surface area contributed by atoms with Gasteiger partial charge in [0.05, 0.1) is 19.6 Å². The van der Waals surface area contributed by atoms with E-state index in [0.717, 1.165) is 11.3 Å². The van der Waals surface area contributed by atoms with Gasteiger partial charge in [-0.3, -0.25) is 9.59 Å². The molecule has 0 fully saturated rings. The number of carbonyl (C=O) groups excluding carboxylic acids is 2. The van der Waals surface area contributed by atoms with Gasteiger partial charge < -0.3 is 20.5 Å². The highest BCUT2D eigenvalue weighted by Gasteiger charge is 2.21. The number of ether oxygens (including phenoxy) is 2. The maximum absolute atomic E-state index is 12.2. The molecule has 0 radical (unpaired) electrons. The smallest absolute Gasteiger partial charge is 0.310 e. The van der Waals surface area contributed by atoms with Gasteiger partial charge in [-0.1, -0.05) is 18.2 Å². The molecule has 6 heteroatoms. The van der Waals surface area contributed by atoms with Crippen LogP contribution in [0.1, 0.15) is 22.8 Å². The fraction of sp³-hybridized carbons (Fsp3) is 0.300. The van der Waals surface area contributed by atoms with Crippen LogP contribution in [0, 0.1) is 5.92 Å². The number of carbonyl (C=O) groups is 2. The summed E-state index contributed by atoms with van der Waals surface area (Å²) < 4.78 is 10.3. The molecule has 0 heterocycles. The molecular formula is C20H24N2O4. The molecule has 0 aliphatic carbocycles. The van der Waals surface area contributed by atoms with Crippen LogP contribution in [0.15, 0.2) is 48.5 Å². The van der Waals surface area contributed by atoms with E-state index in [2.05, 4.69) is 5.32 Å². The summed E-state index contributed by atoms with van der Waals surface area (Å²) in [5, 5.41) is 2.77. The summed E-state index contributed by atoms with van der Waals surface area (Å²) in [6.07, 6.45) is 0.455. The number of nitrogen functional groups attached to an aromatic ring is 1. The number of rotatable bonds is 8. The highest BCUT2D eigenvalue weighted by atomic mass is 16.5. The second-order valence-corrected chi connectivity index (χ2v) is 5.84. The predicted octanol–water partition coefficient (Wildman–Crippen LogP) is 2.43. The van der Waals surface area contributed by atoms with Crippen molar-refractivity contribution in [3.8, 4) is 5.75 Å².